The number of hydrogen-bond acceptors (Lipinski definition) is 2. The third kappa shape index (κ3) is 3.05. The second kappa shape index (κ2) is 5.59. The van der Waals surface area contributed by atoms with E-state index in [4.69, 9.17) is 16.7 Å². The van der Waals surface area contributed by atoms with Crippen LogP contribution >= 0.6 is 27.5 Å². The lowest BCUT2D eigenvalue weighted by molar-refractivity contribution is 0.0697. The predicted molar refractivity (Wildman–Crippen MR) is 75.8 cm³/mol. The van der Waals surface area contributed by atoms with Crippen LogP contribution in [0.2, 0.25) is 5.02 Å². The number of carbonyl (C=O) groups is 1. The fourth-order valence-electron chi connectivity index (χ4n) is 1.55. The van der Waals surface area contributed by atoms with E-state index in [2.05, 4.69) is 21.2 Å². The monoisotopic (exact) mass is 343 g/mol. The van der Waals surface area contributed by atoms with E-state index in [9.17, 15) is 9.18 Å². The van der Waals surface area contributed by atoms with Gasteiger partial charge in [-0.15, -0.1) is 0 Å². The fourth-order valence-corrected chi connectivity index (χ4v) is 2.34. The number of hydrogen-bond donors (Lipinski definition) is 2. The van der Waals surface area contributed by atoms with Crippen molar-refractivity contribution in [2.45, 2.75) is 0 Å². The first-order chi connectivity index (χ1) is 8.99. The van der Waals surface area contributed by atoms with E-state index in [1.54, 1.807) is 18.2 Å². The van der Waals surface area contributed by atoms with E-state index >= 15 is 0 Å². The van der Waals surface area contributed by atoms with Gasteiger partial charge in [-0.25, -0.2) is 9.18 Å². The van der Waals surface area contributed by atoms with E-state index in [0.717, 1.165) is 0 Å². The summed E-state index contributed by atoms with van der Waals surface area (Å²) in [6.07, 6.45) is 0. The largest absolute Gasteiger partial charge is 0.478 e. The highest BCUT2D eigenvalue weighted by Crippen LogP contribution is 2.31. The Kier molecular flexibility index (Phi) is 4.07. The molecule has 98 valence electrons. The third-order valence-electron chi connectivity index (χ3n) is 2.43. The van der Waals surface area contributed by atoms with Gasteiger partial charge in [-0.05, 0) is 46.3 Å². The molecule has 0 aliphatic rings. The zero-order chi connectivity index (χ0) is 14.0. The highest BCUT2D eigenvalue weighted by molar-refractivity contribution is 9.10. The van der Waals surface area contributed by atoms with E-state index in [0.29, 0.717) is 15.2 Å². The summed E-state index contributed by atoms with van der Waals surface area (Å²) in [5.41, 5.74) is 0.303. The summed E-state index contributed by atoms with van der Waals surface area (Å²) in [4.78, 5) is 11.1. The molecule has 0 aliphatic heterocycles. The molecule has 2 N–H and O–H groups in total. The molecule has 6 heteroatoms. The smallest absolute Gasteiger partial charge is 0.337 e. The summed E-state index contributed by atoms with van der Waals surface area (Å²) in [5, 5.41) is 12.3. The third-order valence-corrected chi connectivity index (χ3v) is 3.33. The van der Waals surface area contributed by atoms with Crippen LogP contribution in [0.3, 0.4) is 0 Å². The maximum atomic E-state index is 13.7. The van der Waals surface area contributed by atoms with E-state index < -0.39 is 11.8 Å². The number of rotatable bonds is 3. The molecule has 0 atom stereocenters. The molecule has 3 nitrogen and oxygen atoms in total. The van der Waals surface area contributed by atoms with Gasteiger partial charge in [-0.2, -0.15) is 0 Å². The maximum Gasteiger partial charge on any atom is 0.337 e. The Balaban J connectivity index is 2.46. The van der Waals surface area contributed by atoms with Gasteiger partial charge in [0, 0.05) is 9.50 Å². The Morgan fingerprint density at radius 1 is 1.32 bits per heavy atom. The van der Waals surface area contributed by atoms with Crippen molar-refractivity contribution in [1.82, 2.24) is 0 Å². The number of aromatic carboxylic acids is 1. The minimum Gasteiger partial charge on any atom is -0.478 e. The Hall–Kier alpha value is -1.59. The number of para-hydroxylation sites is 1. The van der Waals surface area contributed by atoms with Crippen molar-refractivity contribution in [2.24, 2.45) is 0 Å². The standard InChI is InChI=1S/C13H8BrClFNO2/c14-9-6-7(15)4-5-11(9)17-12-8(13(18)19)2-1-3-10(12)16/h1-6,17H,(H,18,19). The number of nitrogens with one attached hydrogen (secondary N) is 1. The number of anilines is 2. The van der Waals surface area contributed by atoms with Crippen molar-refractivity contribution in [3.63, 3.8) is 0 Å². The van der Waals surface area contributed by atoms with Crippen molar-refractivity contribution >= 4 is 44.9 Å². The van der Waals surface area contributed by atoms with Crippen molar-refractivity contribution in [3.05, 3.63) is 57.3 Å². The first kappa shape index (κ1) is 13.8. The molecule has 0 unspecified atom stereocenters. The zero-order valence-corrected chi connectivity index (χ0v) is 11.8. The van der Waals surface area contributed by atoms with Crippen LogP contribution in [0.5, 0.6) is 0 Å². The summed E-state index contributed by atoms with van der Waals surface area (Å²) in [5.74, 6) is -1.84. The topological polar surface area (TPSA) is 49.3 Å². The van der Waals surface area contributed by atoms with Gasteiger partial charge in [0.15, 0.2) is 0 Å². The van der Waals surface area contributed by atoms with Gasteiger partial charge in [-0.1, -0.05) is 17.7 Å². The Morgan fingerprint density at radius 3 is 2.68 bits per heavy atom. The Morgan fingerprint density at radius 2 is 2.05 bits per heavy atom. The summed E-state index contributed by atoms with van der Waals surface area (Å²) in [7, 11) is 0. The summed E-state index contributed by atoms with van der Waals surface area (Å²) in [6.45, 7) is 0. The van der Waals surface area contributed by atoms with Crippen molar-refractivity contribution in [3.8, 4) is 0 Å². The fraction of sp³-hybridized carbons (Fsp3) is 0. The first-order valence-corrected chi connectivity index (χ1v) is 6.40. The normalized spacial score (nSPS) is 10.3. The maximum absolute atomic E-state index is 13.7. The zero-order valence-electron chi connectivity index (χ0n) is 9.45. The molecule has 0 radical (unpaired) electrons. The average Bonchev–Trinajstić information content (AvgIpc) is 2.34. The van der Waals surface area contributed by atoms with Gasteiger partial charge in [0.25, 0.3) is 0 Å². The second-order valence-corrected chi connectivity index (χ2v) is 5.01. The molecule has 0 aliphatic carbocycles. The minimum absolute atomic E-state index is 0.0852. The van der Waals surface area contributed by atoms with Crippen LogP contribution in [0.25, 0.3) is 0 Å². The number of halogens is 3. The van der Waals surface area contributed by atoms with Crippen LogP contribution in [0, 0.1) is 5.82 Å². The molecule has 0 amide bonds. The highest BCUT2D eigenvalue weighted by atomic mass is 79.9. The average molecular weight is 345 g/mol. The predicted octanol–water partition coefficient (Wildman–Crippen LogP) is 4.68. The first-order valence-electron chi connectivity index (χ1n) is 5.23. The van der Waals surface area contributed by atoms with Crippen LogP contribution in [0.1, 0.15) is 10.4 Å². The highest BCUT2D eigenvalue weighted by Gasteiger charge is 2.15. The van der Waals surface area contributed by atoms with Crippen LogP contribution in [-0.2, 0) is 0 Å². The molecule has 2 rings (SSSR count). The van der Waals surface area contributed by atoms with Gasteiger partial charge in [-0.3, -0.25) is 0 Å². The lowest BCUT2D eigenvalue weighted by Crippen LogP contribution is -2.05. The molecule has 0 spiro atoms. The van der Waals surface area contributed by atoms with Crippen LogP contribution in [0.15, 0.2) is 40.9 Å². The molecule has 0 saturated heterocycles. The number of benzene rings is 2. The second-order valence-electron chi connectivity index (χ2n) is 3.72. The molecular formula is C13H8BrClFNO2. The molecule has 19 heavy (non-hydrogen) atoms. The minimum atomic E-state index is -1.20. The molecule has 0 heterocycles. The van der Waals surface area contributed by atoms with E-state index in [1.165, 1.54) is 18.2 Å². The summed E-state index contributed by atoms with van der Waals surface area (Å²) >= 11 is 9.08. The number of carboxylic acids is 1. The SMILES string of the molecule is O=C(O)c1cccc(F)c1Nc1ccc(Cl)cc1Br. The summed E-state index contributed by atoms with van der Waals surface area (Å²) < 4.78 is 14.4. The summed E-state index contributed by atoms with van der Waals surface area (Å²) in [6, 6.07) is 8.75. The molecular weight excluding hydrogens is 337 g/mol. The van der Waals surface area contributed by atoms with Crippen molar-refractivity contribution in [2.75, 3.05) is 5.32 Å². The van der Waals surface area contributed by atoms with Crippen LogP contribution in [0.4, 0.5) is 15.8 Å². The van der Waals surface area contributed by atoms with Crippen molar-refractivity contribution < 1.29 is 14.3 Å². The van der Waals surface area contributed by atoms with Gasteiger partial charge < -0.3 is 10.4 Å². The van der Waals surface area contributed by atoms with Crippen molar-refractivity contribution in [1.29, 1.82) is 0 Å². The van der Waals surface area contributed by atoms with Crippen LogP contribution < -0.4 is 5.32 Å². The van der Waals surface area contributed by atoms with Crippen LogP contribution in [-0.4, -0.2) is 11.1 Å². The van der Waals surface area contributed by atoms with E-state index in [-0.39, 0.29) is 11.3 Å². The van der Waals surface area contributed by atoms with E-state index in [1.807, 2.05) is 0 Å². The lowest BCUT2D eigenvalue weighted by Gasteiger charge is -2.12. The van der Waals surface area contributed by atoms with Gasteiger partial charge in [0.05, 0.1) is 16.9 Å². The molecule has 2 aromatic carbocycles. The Bertz CT molecular complexity index is 649. The molecule has 0 saturated carbocycles. The van der Waals surface area contributed by atoms with Gasteiger partial charge >= 0.3 is 5.97 Å². The lowest BCUT2D eigenvalue weighted by atomic mass is 10.1. The van der Waals surface area contributed by atoms with Gasteiger partial charge in [0.1, 0.15) is 5.82 Å². The quantitative estimate of drug-likeness (QED) is 0.849. The molecule has 0 aromatic heterocycles. The number of carboxylic acid groups (broad SMARTS) is 1. The molecule has 0 fully saturated rings. The molecule has 0 bridgehead atoms. The molecule has 2 aromatic rings. The van der Waals surface area contributed by atoms with Gasteiger partial charge in [0.2, 0.25) is 0 Å². The Labute approximate surface area is 122 Å².